The highest BCUT2D eigenvalue weighted by Gasteiger charge is 2.30. The zero-order valence-corrected chi connectivity index (χ0v) is 13.0. The van der Waals surface area contributed by atoms with E-state index in [1.165, 1.54) is 11.0 Å². The molecule has 0 bridgehead atoms. The molecule has 124 valence electrons. The Morgan fingerprint density at radius 1 is 1.35 bits per heavy atom. The van der Waals surface area contributed by atoms with Crippen molar-refractivity contribution >= 4 is 5.91 Å². The summed E-state index contributed by atoms with van der Waals surface area (Å²) in [5, 5.41) is 4.09. The standard InChI is InChI=1S/C16H18F3N3O/c1-12-9-20-22(10-12)7-6-15(23)21(2)11-13-4-3-5-14(8-13)16(17,18)19/h3-5,8-10H,6-7,11H2,1-2H3. The van der Waals surface area contributed by atoms with Gasteiger partial charge < -0.3 is 4.90 Å². The van der Waals surface area contributed by atoms with Crippen molar-refractivity contribution in [2.45, 2.75) is 32.6 Å². The molecule has 0 saturated heterocycles. The molecule has 0 spiro atoms. The van der Waals surface area contributed by atoms with E-state index < -0.39 is 11.7 Å². The monoisotopic (exact) mass is 325 g/mol. The molecule has 0 N–H and O–H groups in total. The average Bonchev–Trinajstić information content (AvgIpc) is 2.89. The number of benzene rings is 1. The van der Waals surface area contributed by atoms with Gasteiger partial charge in [-0.15, -0.1) is 0 Å². The minimum Gasteiger partial charge on any atom is -0.341 e. The van der Waals surface area contributed by atoms with Crippen LogP contribution in [0.15, 0.2) is 36.7 Å². The SMILES string of the molecule is Cc1cnn(CCC(=O)N(C)Cc2cccc(C(F)(F)F)c2)c1. The van der Waals surface area contributed by atoms with Gasteiger partial charge in [0.1, 0.15) is 0 Å². The van der Waals surface area contributed by atoms with Crippen molar-refractivity contribution in [3.05, 3.63) is 53.3 Å². The number of alkyl halides is 3. The third-order valence-corrected chi connectivity index (χ3v) is 3.42. The van der Waals surface area contributed by atoms with E-state index in [4.69, 9.17) is 0 Å². The van der Waals surface area contributed by atoms with E-state index >= 15 is 0 Å². The fourth-order valence-electron chi connectivity index (χ4n) is 2.20. The van der Waals surface area contributed by atoms with Gasteiger partial charge in [-0.2, -0.15) is 18.3 Å². The van der Waals surface area contributed by atoms with E-state index in [9.17, 15) is 18.0 Å². The van der Waals surface area contributed by atoms with Crippen LogP contribution < -0.4 is 0 Å². The lowest BCUT2D eigenvalue weighted by molar-refractivity contribution is -0.137. The van der Waals surface area contributed by atoms with Crippen molar-refractivity contribution in [2.24, 2.45) is 0 Å². The Bertz CT molecular complexity index is 679. The smallest absolute Gasteiger partial charge is 0.341 e. The highest BCUT2D eigenvalue weighted by molar-refractivity contribution is 5.75. The molecule has 0 aliphatic heterocycles. The van der Waals surface area contributed by atoms with Crippen LogP contribution in [-0.2, 0) is 24.1 Å². The Labute approximate surface area is 132 Å². The van der Waals surface area contributed by atoms with Gasteiger partial charge in [0.25, 0.3) is 0 Å². The molecule has 2 aromatic rings. The molecule has 0 aliphatic carbocycles. The maximum absolute atomic E-state index is 12.7. The summed E-state index contributed by atoms with van der Waals surface area (Å²) in [4.78, 5) is 13.5. The molecule has 1 aromatic heterocycles. The number of halogens is 3. The number of nitrogens with zero attached hydrogens (tertiary/aromatic N) is 3. The molecule has 0 saturated carbocycles. The van der Waals surface area contributed by atoms with Crippen molar-refractivity contribution in [1.82, 2.24) is 14.7 Å². The summed E-state index contributed by atoms with van der Waals surface area (Å²) in [6.45, 7) is 2.49. The molecule has 23 heavy (non-hydrogen) atoms. The largest absolute Gasteiger partial charge is 0.416 e. The molecule has 2 rings (SSSR count). The van der Waals surface area contributed by atoms with Gasteiger partial charge in [0.15, 0.2) is 0 Å². The Kier molecular flexibility index (Phi) is 5.08. The first-order chi connectivity index (χ1) is 10.8. The summed E-state index contributed by atoms with van der Waals surface area (Å²) in [6.07, 6.45) is -0.593. The first kappa shape index (κ1) is 17.1. The Hall–Kier alpha value is -2.31. The predicted octanol–water partition coefficient (Wildman–Crippen LogP) is 3.26. The molecule has 0 aliphatic rings. The second-order valence-electron chi connectivity index (χ2n) is 5.48. The zero-order chi connectivity index (χ0) is 17.0. The molecule has 0 radical (unpaired) electrons. The first-order valence-corrected chi connectivity index (χ1v) is 7.15. The predicted molar refractivity (Wildman–Crippen MR) is 79.5 cm³/mol. The van der Waals surface area contributed by atoms with Crippen LogP contribution in [0.5, 0.6) is 0 Å². The molecule has 0 unspecified atom stereocenters. The van der Waals surface area contributed by atoms with Gasteiger partial charge in [-0.05, 0) is 30.2 Å². The summed E-state index contributed by atoms with van der Waals surface area (Å²) in [7, 11) is 1.58. The summed E-state index contributed by atoms with van der Waals surface area (Å²) in [5.74, 6) is -0.143. The molecular formula is C16H18F3N3O. The molecule has 1 aromatic carbocycles. The highest BCUT2D eigenvalue weighted by atomic mass is 19.4. The van der Waals surface area contributed by atoms with Crippen LogP contribution >= 0.6 is 0 Å². The van der Waals surface area contributed by atoms with Gasteiger partial charge in [-0.25, -0.2) is 0 Å². The van der Waals surface area contributed by atoms with Crippen LogP contribution in [-0.4, -0.2) is 27.6 Å². The van der Waals surface area contributed by atoms with Crippen molar-refractivity contribution in [2.75, 3.05) is 7.05 Å². The van der Waals surface area contributed by atoms with Crippen molar-refractivity contribution in [3.63, 3.8) is 0 Å². The fraction of sp³-hybridized carbons (Fsp3) is 0.375. The van der Waals surface area contributed by atoms with E-state index in [1.54, 1.807) is 24.0 Å². The van der Waals surface area contributed by atoms with Gasteiger partial charge >= 0.3 is 6.18 Å². The molecule has 0 atom stereocenters. The molecule has 1 amide bonds. The van der Waals surface area contributed by atoms with Crippen LogP contribution in [0.1, 0.15) is 23.1 Å². The Balaban J connectivity index is 1.93. The van der Waals surface area contributed by atoms with E-state index in [2.05, 4.69) is 5.10 Å². The minimum atomic E-state index is -4.38. The number of aryl methyl sites for hydroxylation is 2. The lowest BCUT2D eigenvalue weighted by Gasteiger charge is -2.18. The highest BCUT2D eigenvalue weighted by Crippen LogP contribution is 2.29. The molecular weight excluding hydrogens is 307 g/mol. The number of carbonyl (C=O) groups excluding carboxylic acids is 1. The summed E-state index contributed by atoms with van der Waals surface area (Å²) in [6, 6.07) is 5.02. The fourth-order valence-corrected chi connectivity index (χ4v) is 2.20. The number of carbonyl (C=O) groups is 1. The third kappa shape index (κ3) is 4.84. The number of rotatable bonds is 5. The summed E-state index contributed by atoms with van der Waals surface area (Å²) in [5.41, 5.74) is 0.753. The zero-order valence-electron chi connectivity index (χ0n) is 13.0. The normalized spacial score (nSPS) is 11.5. The molecule has 7 heteroatoms. The maximum atomic E-state index is 12.7. The van der Waals surface area contributed by atoms with Crippen LogP contribution in [0.2, 0.25) is 0 Å². The van der Waals surface area contributed by atoms with Crippen molar-refractivity contribution < 1.29 is 18.0 Å². The van der Waals surface area contributed by atoms with Crippen LogP contribution in [0.3, 0.4) is 0 Å². The van der Waals surface area contributed by atoms with Gasteiger partial charge in [-0.3, -0.25) is 9.48 Å². The number of aromatic nitrogens is 2. The van der Waals surface area contributed by atoms with E-state index in [1.807, 2.05) is 13.1 Å². The topological polar surface area (TPSA) is 38.1 Å². The first-order valence-electron chi connectivity index (χ1n) is 7.15. The maximum Gasteiger partial charge on any atom is 0.416 e. The van der Waals surface area contributed by atoms with E-state index in [0.717, 1.165) is 17.7 Å². The summed E-state index contributed by atoms with van der Waals surface area (Å²) >= 11 is 0. The lowest BCUT2D eigenvalue weighted by Crippen LogP contribution is -2.27. The summed E-state index contributed by atoms with van der Waals surface area (Å²) < 4.78 is 39.7. The number of hydrogen-bond donors (Lipinski definition) is 0. The van der Waals surface area contributed by atoms with Crippen molar-refractivity contribution in [1.29, 1.82) is 0 Å². The van der Waals surface area contributed by atoms with Gasteiger partial charge in [0, 0.05) is 32.8 Å². The average molecular weight is 325 g/mol. The van der Waals surface area contributed by atoms with Crippen molar-refractivity contribution in [3.8, 4) is 0 Å². The van der Waals surface area contributed by atoms with E-state index in [-0.39, 0.29) is 18.9 Å². The Morgan fingerprint density at radius 2 is 2.09 bits per heavy atom. The van der Waals surface area contributed by atoms with Gasteiger partial charge in [0.05, 0.1) is 11.8 Å². The second kappa shape index (κ2) is 6.85. The van der Waals surface area contributed by atoms with Crippen LogP contribution in [0.25, 0.3) is 0 Å². The molecule has 4 nitrogen and oxygen atoms in total. The third-order valence-electron chi connectivity index (χ3n) is 3.42. The molecule has 0 fully saturated rings. The van der Waals surface area contributed by atoms with Crippen LogP contribution in [0, 0.1) is 6.92 Å². The van der Waals surface area contributed by atoms with Gasteiger partial charge in [-0.1, -0.05) is 12.1 Å². The number of amides is 1. The minimum absolute atomic E-state index is 0.140. The number of hydrogen-bond acceptors (Lipinski definition) is 2. The van der Waals surface area contributed by atoms with Gasteiger partial charge in [0.2, 0.25) is 5.91 Å². The lowest BCUT2D eigenvalue weighted by atomic mass is 10.1. The second-order valence-corrected chi connectivity index (χ2v) is 5.48. The molecule has 1 heterocycles. The van der Waals surface area contributed by atoms with Crippen LogP contribution in [0.4, 0.5) is 13.2 Å². The quantitative estimate of drug-likeness (QED) is 0.846. The van der Waals surface area contributed by atoms with E-state index in [0.29, 0.717) is 12.1 Å². The Morgan fingerprint density at radius 3 is 2.70 bits per heavy atom.